The zero-order chi connectivity index (χ0) is 15.2. The van der Waals surface area contributed by atoms with Gasteiger partial charge in [-0.25, -0.2) is 8.78 Å². The Morgan fingerprint density at radius 2 is 1.67 bits per heavy atom. The Labute approximate surface area is 121 Å². The van der Waals surface area contributed by atoms with Crippen molar-refractivity contribution >= 4 is 5.91 Å². The molecule has 0 aromatic heterocycles. The maximum absolute atomic E-state index is 13.5. The van der Waals surface area contributed by atoms with Crippen LogP contribution in [0.3, 0.4) is 0 Å². The van der Waals surface area contributed by atoms with Gasteiger partial charge in [-0.3, -0.25) is 4.79 Å². The molecule has 3 nitrogen and oxygen atoms in total. The second-order valence-corrected chi connectivity index (χ2v) is 4.48. The molecule has 0 heterocycles. The van der Waals surface area contributed by atoms with Crippen molar-refractivity contribution in [3.63, 3.8) is 0 Å². The monoisotopic (exact) mass is 291 g/mol. The second-order valence-electron chi connectivity index (χ2n) is 4.48. The number of hydrogen-bond donors (Lipinski definition) is 1. The topological polar surface area (TPSA) is 38.3 Å². The van der Waals surface area contributed by atoms with Gasteiger partial charge in [-0.2, -0.15) is 0 Å². The molecule has 0 saturated heterocycles. The summed E-state index contributed by atoms with van der Waals surface area (Å²) < 4.78 is 32.1. The number of benzene rings is 2. The largest absolute Gasteiger partial charge is 0.380 e. The molecule has 0 atom stereocenters. The molecule has 0 unspecified atom stereocenters. The predicted octanol–water partition coefficient (Wildman–Crippen LogP) is 3.04. The van der Waals surface area contributed by atoms with Gasteiger partial charge in [0.2, 0.25) is 0 Å². The molecule has 1 N–H and O–H groups in total. The normalized spacial score (nSPS) is 10.4. The Balaban J connectivity index is 2.11. The molecule has 0 aliphatic rings. The Kier molecular flexibility index (Phi) is 5.00. The van der Waals surface area contributed by atoms with E-state index in [-0.39, 0.29) is 6.54 Å². The Morgan fingerprint density at radius 1 is 1.05 bits per heavy atom. The number of ether oxygens (including phenoxy) is 1. The van der Waals surface area contributed by atoms with E-state index in [2.05, 4.69) is 5.32 Å². The van der Waals surface area contributed by atoms with Crippen molar-refractivity contribution in [3.8, 4) is 0 Å². The highest BCUT2D eigenvalue weighted by atomic mass is 19.1. The van der Waals surface area contributed by atoms with Crippen LogP contribution in [0.4, 0.5) is 8.78 Å². The van der Waals surface area contributed by atoms with Gasteiger partial charge in [0.25, 0.3) is 5.91 Å². The van der Waals surface area contributed by atoms with Crippen LogP contribution >= 0.6 is 0 Å². The van der Waals surface area contributed by atoms with E-state index in [1.165, 1.54) is 6.07 Å². The molecule has 0 fully saturated rings. The first-order valence-electron chi connectivity index (χ1n) is 6.41. The van der Waals surface area contributed by atoms with E-state index in [1.54, 1.807) is 7.11 Å². The molecule has 5 heteroatoms. The maximum Gasteiger partial charge on any atom is 0.257 e. The number of halogens is 2. The van der Waals surface area contributed by atoms with Crippen LogP contribution in [0.5, 0.6) is 0 Å². The number of carbonyl (C=O) groups excluding carboxylic acids is 1. The van der Waals surface area contributed by atoms with Crippen molar-refractivity contribution in [3.05, 3.63) is 70.8 Å². The third-order valence-corrected chi connectivity index (χ3v) is 3.05. The summed E-state index contributed by atoms with van der Waals surface area (Å²) in [5, 5.41) is 2.52. The summed E-state index contributed by atoms with van der Waals surface area (Å²) in [5.74, 6) is -2.53. The van der Waals surface area contributed by atoms with Crippen LogP contribution in [-0.4, -0.2) is 13.0 Å². The van der Waals surface area contributed by atoms with Crippen molar-refractivity contribution in [1.29, 1.82) is 0 Å². The molecule has 2 rings (SSSR count). The fourth-order valence-corrected chi connectivity index (χ4v) is 2.00. The van der Waals surface area contributed by atoms with Crippen LogP contribution < -0.4 is 5.32 Å². The first-order valence-corrected chi connectivity index (χ1v) is 6.41. The lowest BCUT2D eigenvalue weighted by molar-refractivity contribution is 0.0942. The predicted molar refractivity (Wildman–Crippen MR) is 74.7 cm³/mol. The van der Waals surface area contributed by atoms with Crippen molar-refractivity contribution in [2.75, 3.05) is 7.11 Å². The Morgan fingerprint density at radius 3 is 2.29 bits per heavy atom. The second kappa shape index (κ2) is 6.95. The van der Waals surface area contributed by atoms with Gasteiger partial charge < -0.3 is 10.1 Å². The summed E-state index contributed by atoms with van der Waals surface area (Å²) in [6.07, 6.45) is 0. The van der Waals surface area contributed by atoms with Gasteiger partial charge in [0.15, 0.2) is 0 Å². The number of amides is 1. The van der Waals surface area contributed by atoms with Crippen molar-refractivity contribution in [1.82, 2.24) is 5.32 Å². The van der Waals surface area contributed by atoms with E-state index in [1.807, 2.05) is 24.3 Å². The Hall–Kier alpha value is -2.27. The smallest absolute Gasteiger partial charge is 0.257 e. The number of hydrogen-bond acceptors (Lipinski definition) is 2. The minimum absolute atomic E-state index is 0.173. The highest BCUT2D eigenvalue weighted by Gasteiger charge is 2.16. The third-order valence-electron chi connectivity index (χ3n) is 3.05. The summed E-state index contributed by atoms with van der Waals surface area (Å²) in [7, 11) is 1.57. The van der Waals surface area contributed by atoms with Crippen LogP contribution in [0.25, 0.3) is 0 Å². The summed E-state index contributed by atoms with van der Waals surface area (Å²) in [5.41, 5.74) is 1.18. The minimum atomic E-state index is -0.877. The summed E-state index contributed by atoms with van der Waals surface area (Å²) in [6.45, 7) is 0.576. The number of methoxy groups -OCH3 is 1. The number of carbonyl (C=O) groups is 1. The molecular formula is C16H15F2NO2. The lowest BCUT2D eigenvalue weighted by atomic mass is 10.1. The molecule has 0 bridgehead atoms. The fourth-order valence-electron chi connectivity index (χ4n) is 2.00. The maximum atomic E-state index is 13.5. The lowest BCUT2D eigenvalue weighted by Crippen LogP contribution is -2.25. The standard InChI is InChI=1S/C16H15F2NO2/c1-21-10-12-6-3-2-5-11(12)9-19-16(20)15-13(17)7-4-8-14(15)18/h2-8H,9-10H2,1H3,(H,19,20). The van der Waals surface area contributed by atoms with E-state index in [4.69, 9.17) is 4.74 Å². The van der Waals surface area contributed by atoms with E-state index in [9.17, 15) is 13.6 Å². The molecular weight excluding hydrogens is 276 g/mol. The molecule has 1 amide bonds. The summed E-state index contributed by atoms with van der Waals surface area (Å²) in [6, 6.07) is 10.7. The van der Waals surface area contributed by atoms with Crippen molar-refractivity contribution in [2.45, 2.75) is 13.2 Å². The van der Waals surface area contributed by atoms with Crippen LogP contribution in [0.1, 0.15) is 21.5 Å². The van der Waals surface area contributed by atoms with E-state index in [0.29, 0.717) is 6.61 Å². The van der Waals surface area contributed by atoms with E-state index >= 15 is 0 Å². The molecule has 2 aromatic rings. The average molecular weight is 291 g/mol. The first kappa shape index (κ1) is 15.1. The number of rotatable bonds is 5. The lowest BCUT2D eigenvalue weighted by Gasteiger charge is -2.11. The zero-order valence-electron chi connectivity index (χ0n) is 11.5. The highest BCUT2D eigenvalue weighted by molar-refractivity contribution is 5.94. The third kappa shape index (κ3) is 3.64. The van der Waals surface area contributed by atoms with Gasteiger partial charge in [0, 0.05) is 13.7 Å². The molecule has 21 heavy (non-hydrogen) atoms. The molecule has 110 valence electrons. The average Bonchev–Trinajstić information content (AvgIpc) is 2.46. The molecule has 0 aliphatic heterocycles. The van der Waals surface area contributed by atoms with E-state index < -0.39 is 23.1 Å². The molecule has 0 aliphatic carbocycles. The molecule has 0 spiro atoms. The van der Waals surface area contributed by atoms with Crippen molar-refractivity contribution in [2.24, 2.45) is 0 Å². The minimum Gasteiger partial charge on any atom is -0.380 e. The van der Waals surface area contributed by atoms with E-state index in [0.717, 1.165) is 23.3 Å². The zero-order valence-corrected chi connectivity index (χ0v) is 11.5. The van der Waals surface area contributed by atoms with Crippen LogP contribution in [0.15, 0.2) is 42.5 Å². The SMILES string of the molecule is COCc1ccccc1CNC(=O)c1c(F)cccc1F. The quantitative estimate of drug-likeness (QED) is 0.919. The van der Waals surface area contributed by atoms with Crippen molar-refractivity contribution < 1.29 is 18.3 Å². The van der Waals surface area contributed by atoms with Gasteiger partial charge in [-0.05, 0) is 23.3 Å². The molecule has 0 radical (unpaired) electrons. The molecule has 0 saturated carbocycles. The number of nitrogens with one attached hydrogen (secondary N) is 1. The van der Waals surface area contributed by atoms with Gasteiger partial charge in [-0.1, -0.05) is 30.3 Å². The first-order chi connectivity index (χ1) is 10.1. The summed E-state index contributed by atoms with van der Waals surface area (Å²) in [4.78, 5) is 11.9. The van der Waals surface area contributed by atoms with Crippen LogP contribution in [0, 0.1) is 11.6 Å². The summed E-state index contributed by atoms with van der Waals surface area (Å²) >= 11 is 0. The van der Waals surface area contributed by atoms with Gasteiger partial charge >= 0.3 is 0 Å². The molecule has 2 aromatic carbocycles. The van der Waals surface area contributed by atoms with Crippen LogP contribution in [0.2, 0.25) is 0 Å². The van der Waals surface area contributed by atoms with Crippen LogP contribution in [-0.2, 0) is 17.9 Å². The van der Waals surface area contributed by atoms with Gasteiger partial charge in [0.05, 0.1) is 6.61 Å². The Bertz CT molecular complexity index is 624. The van der Waals surface area contributed by atoms with Gasteiger partial charge in [0.1, 0.15) is 17.2 Å². The highest BCUT2D eigenvalue weighted by Crippen LogP contribution is 2.13. The fraction of sp³-hybridized carbons (Fsp3) is 0.188. The van der Waals surface area contributed by atoms with Gasteiger partial charge in [-0.15, -0.1) is 0 Å².